The van der Waals surface area contributed by atoms with Crippen LogP contribution in [0.5, 0.6) is 0 Å². The van der Waals surface area contributed by atoms with E-state index < -0.39 is 0 Å². The van der Waals surface area contributed by atoms with E-state index in [1.165, 1.54) is 31.3 Å². The minimum Gasteiger partial charge on any atom is -0.296 e. The maximum atomic E-state index is 4.02. The lowest BCUT2D eigenvalue weighted by atomic mass is 9.83. The van der Waals surface area contributed by atoms with Crippen molar-refractivity contribution in [3.8, 4) is 0 Å². The maximum absolute atomic E-state index is 4.02. The Morgan fingerprint density at radius 2 is 2.21 bits per heavy atom. The normalized spacial score (nSPS) is 18.5. The van der Waals surface area contributed by atoms with Gasteiger partial charge >= 0.3 is 0 Å². The van der Waals surface area contributed by atoms with Gasteiger partial charge in [0.2, 0.25) is 0 Å². The summed E-state index contributed by atoms with van der Waals surface area (Å²) in [5.74, 6) is 0.780. The van der Waals surface area contributed by atoms with Gasteiger partial charge in [0.1, 0.15) is 0 Å². The van der Waals surface area contributed by atoms with Crippen LogP contribution >= 0.6 is 0 Å². The van der Waals surface area contributed by atoms with Crippen molar-refractivity contribution in [3.05, 3.63) is 30.0 Å². The summed E-state index contributed by atoms with van der Waals surface area (Å²) in [6, 6.07) is 0. The molecule has 1 nitrogen and oxygen atoms in total. The first-order chi connectivity index (χ1) is 6.76. The van der Waals surface area contributed by atoms with E-state index in [1.807, 2.05) is 6.21 Å². The maximum Gasteiger partial charge on any atom is 0.0318 e. The van der Waals surface area contributed by atoms with E-state index in [4.69, 9.17) is 0 Å². The third-order valence-corrected chi connectivity index (χ3v) is 2.83. The van der Waals surface area contributed by atoms with E-state index in [2.05, 4.69) is 23.9 Å². The average molecular weight is 189 g/mol. The molecule has 1 fully saturated rings. The summed E-state index contributed by atoms with van der Waals surface area (Å²) in [6.07, 6.45) is 7.87. The van der Waals surface area contributed by atoms with E-state index in [0.717, 1.165) is 17.9 Å². The van der Waals surface area contributed by atoms with Crippen LogP contribution in [0.4, 0.5) is 0 Å². The summed E-state index contributed by atoms with van der Waals surface area (Å²) >= 11 is 0. The Kier molecular flexibility index (Phi) is 4.42. The van der Waals surface area contributed by atoms with Gasteiger partial charge in [0.05, 0.1) is 0 Å². The molecular weight excluding hydrogens is 170 g/mol. The molecule has 1 rings (SSSR count). The lowest BCUT2D eigenvalue weighted by molar-refractivity contribution is 0.411. The molecule has 0 unspecified atom stereocenters. The standard InChI is InChI=1S/C13H19N/c1-4-12(10-14-3)9-13-7-5-11(2)6-8-13/h10,13H,1-2,5-9H2,3H3. The molecule has 0 saturated heterocycles. The zero-order valence-electron chi connectivity index (χ0n) is 9.05. The Morgan fingerprint density at radius 3 is 2.71 bits per heavy atom. The minimum absolute atomic E-state index is 0.780. The van der Waals surface area contributed by atoms with Crippen molar-refractivity contribution in [2.75, 3.05) is 7.05 Å². The van der Waals surface area contributed by atoms with Crippen LogP contribution in [0.15, 0.2) is 35.0 Å². The summed E-state index contributed by atoms with van der Waals surface area (Å²) in [5, 5.41) is 0. The molecule has 0 N–H and O–H groups in total. The minimum atomic E-state index is 0.780. The first-order valence-electron chi connectivity index (χ1n) is 5.24. The fourth-order valence-corrected chi connectivity index (χ4v) is 1.93. The first kappa shape index (κ1) is 11.0. The number of nitrogens with zero attached hydrogens (tertiary/aromatic N) is 1. The fraction of sp³-hybridized carbons (Fsp3) is 0.538. The van der Waals surface area contributed by atoms with Crippen LogP contribution < -0.4 is 0 Å². The molecule has 1 heteroatoms. The summed E-state index contributed by atoms with van der Waals surface area (Å²) in [6.45, 7) is 7.71. The number of allylic oxidation sites excluding steroid dienone is 2. The number of hydrogen-bond donors (Lipinski definition) is 0. The molecule has 0 aromatic heterocycles. The van der Waals surface area contributed by atoms with Crippen LogP contribution in [0.25, 0.3) is 0 Å². The quantitative estimate of drug-likeness (QED) is 0.366. The van der Waals surface area contributed by atoms with Crippen molar-refractivity contribution >= 4 is 6.21 Å². The van der Waals surface area contributed by atoms with Crippen LogP contribution in [0.3, 0.4) is 0 Å². The van der Waals surface area contributed by atoms with Gasteiger partial charge in [-0.05, 0) is 38.0 Å². The molecule has 0 radical (unpaired) electrons. The van der Waals surface area contributed by atoms with Crippen LogP contribution in [0.1, 0.15) is 32.1 Å². The molecule has 1 saturated carbocycles. The molecule has 0 spiro atoms. The van der Waals surface area contributed by atoms with E-state index in [-0.39, 0.29) is 0 Å². The van der Waals surface area contributed by atoms with Crippen molar-refractivity contribution in [3.63, 3.8) is 0 Å². The molecule has 1 aliphatic carbocycles. The Hall–Kier alpha value is -1.07. The summed E-state index contributed by atoms with van der Waals surface area (Å²) in [7, 11) is 1.79. The summed E-state index contributed by atoms with van der Waals surface area (Å²) in [4.78, 5) is 4.01. The third-order valence-electron chi connectivity index (χ3n) is 2.83. The molecule has 0 heterocycles. The molecule has 0 aliphatic heterocycles. The molecule has 0 bridgehead atoms. The zero-order chi connectivity index (χ0) is 10.4. The van der Waals surface area contributed by atoms with Gasteiger partial charge in [-0.1, -0.05) is 18.7 Å². The smallest absolute Gasteiger partial charge is 0.0318 e. The number of aliphatic imine (C=N–C) groups is 1. The molecule has 0 amide bonds. The fourth-order valence-electron chi connectivity index (χ4n) is 1.93. The van der Waals surface area contributed by atoms with Crippen molar-refractivity contribution < 1.29 is 0 Å². The van der Waals surface area contributed by atoms with Gasteiger partial charge in [0.15, 0.2) is 0 Å². The highest BCUT2D eigenvalue weighted by atomic mass is 14.6. The molecule has 0 aromatic rings. The van der Waals surface area contributed by atoms with E-state index >= 15 is 0 Å². The monoisotopic (exact) mass is 189 g/mol. The largest absolute Gasteiger partial charge is 0.296 e. The van der Waals surface area contributed by atoms with Gasteiger partial charge in [-0.3, -0.25) is 4.99 Å². The molecular formula is C13H19N. The van der Waals surface area contributed by atoms with Crippen LogP contribution in [-0.2, 0) is 0 Å². The summed E-state index contributed by atoms with van der Waals surface area (Å²) < 4.78 is 0. The lowest BCUT2D eigenvalue weighted by Gasteiger charge is -2.22. The van der Waals surface area contributed by atoms with E-state index in [0.29, 0.717) is 0 Å². The predicted molar refractivity (Wildman–Crippen MR) is 62.8 cm³/mol. The van der Waals surface area contributed by atoms with Crippen molar-refractivity contribution in [1.82, 2.24) is 0 Å². The Labute approximate surface area is 86.9 Å². The van der Waals surface area contributed by atoms with Gasteiger partial charge in [-0.15, -0.1) is 5.73 Å². The van der Waals surface area contributed by atoms with Crippen molar-refractivity contribution in [1.29, 1.82) is 0 Å². The lowest BCUT2D eigenvalue weighted by Crippen LogP contribution is -2.08. The van der Waals surface area contributed by atoms with Crippen molar-refractivity contribution in [2.24, 2.45) is 10.9 Å². The van der Waals surface area contributed by atoms with Crippen molar-refractivity contribution in [2.45, 2.75) is 32.1 Å². The molecule has 0 aromatic carbocycles. The number of hydrogen-bond acceptors (Lipinski definition) is 1. The second-order valence-corrected chi connectivity index (χ2v) is 3.99. The van der Waals surface area contributed by atoms with Gasteiger partial charge in [-0.2, -0.15) is 0 Å². The zero-order valence-corrected chi connectivity index (χ0v) is 9.05. The molecule has 0 atom stereocenters. The van der Waals surface area contributed by atoms with Crippen LogP contribution in [0.2, 0.25) is 0 Å². The van der Waals surface area contributed by atoms with Gasteiger partial charge in [0, 0.05) is 18.8 Å². The van der Waals surface area contributed by atoms with Gasteiger partial charge in [0.25, 0.3) is 0 Å². The highest BCUT2D eigenvalue weighted by Gasteiger charge is 2.15. The second-order valence-electron chi connectivity index (χ2n) is 3.99. The molecule has 76 valence electrons. The third kappa shape index (κ3) is 3.35. The van der Waals surface area contributed by atoms with Crippen LogP contribution in [0, 0.1) is 5.92 Å². The Bertz CT molecular complexity index is 270. The molecule has 14 heavy (non-hydrogen) atoms. The van der Waals surface area contributed by atoms with Gasteiger partial charge in [-0.25, -0.2) is 0 Å². The van der Waals surface area contributed by atoms with E-state index in [9.17, 15) is 0 Å². The Balaban J connectivity index is 2.44. The highest BCUT2D eigenvalue weighted by Crippen LogP contribution is 2.30. The predicted octanol–water partition coefficient (Wildman–Crippen LogP) is 3.53. The summed E-state index contributed by atoms with van der Waals surface area (Å²) in [5.41, 5.74) is 5.51. The van der Waals surface area contributed by atoms with Gasteiger partial charge < -0.3 is 0 Å². The first-order valence-corrected chi connectivity index (χ1v) is 5.24. The Morgan fingerprint density at radius 1 is 1.57 bits per heavy atom. The molecule has 1 aliphatic rings. The van der Waals surface area contributed by atoms with Crippen LogP contribution in [-0.4, -0.2) is 13.3 Å². The highest BCUT2D eigenvalue weighted by molar-refractivity contribution is 5.77. The SMILES string of the molecule is C=C=C(C=NC)CC1CCC(=C)CC1. The average Bonchev–Trinajstić information content (AvgIpc) is 2.20. The topological polar surface area (TPSA) is 12.4 Å². The van der Waals surface area contributed by atoms with E-state index in [1.54, 1.807) is 7.05 Å². The number of rotatable bonds is 3. The second kappa shape index (κ2) is 5.62.